The number of amides is 2. The quantitative estimate of drug-likeness (QED) is 0.0841. The molecule has 0 atom stereocenters. The Labute approximate surface area is 254 Å². The maximum absolute atomic E-state index is 12.5. The Morgan fingerprint density at radius 3 is 1.40 bits per heavy atom. The van der Waals surface area contributed by atoms with Crippen molar-refractivity contribution in [3.63, 3.8) is 0 Å². The van der Waals surface area contributed by atoms with Gasteiger partial charge in [-0.05, 0) is 74.2 Å². The number of rotatable bonds is 20. The lowest BCUT2D eigenvalue weighted by Gasteiger charge is -2.12. The van der Waals surface area contributed by atoms with Gasteiger partial charge in [-0.2, -0.15) is 0 Å². The lowest BCUT2D eigenvalue weighted by atomic mass is 10.1. The highest BCUT2D eigenvalue weighted by molar-refractivity contribution is 7.57. The molecule has 0 heterocycles. The molecule has 12 heteroatoms. The van der Waals surface area contributed by atoms with E-state index in [1.165, 1.54) is 11.9 Å². The number of hydrogen-bond acceptors (Lipinski definition) is 6. The number of anilines is 2. The number of carbonyl (C=O) groups excluding carboxylic acids is 2. The van der Waals surface area contributed by atoms with Gasteiger partial charge in [0.25, 0.3) is 0 Å². The van der Waals surface area contributed by atoms with Gasteiger partial charge in [-0.25, -0.2) is 0 Å². The molecular weight excluding hydrogens is 590 g/mol. The highest BCUT2D eigenvalue weighted by atomic mass is 31.2. The largest absolute Gasteiger partial charge is 0.354 e. The first kappa shape index (κ1) is 36.4. The van der Waals surface area contributed by atoms with E-state index in [4.69, 9.17) is 18.8 Å². The van der Waals surface area contributed by atoms with Crippen molar-refractivity contribution < 1.29 is 37.6 Å². The predicted octanol–water partition coefficient (Wildman–Crippen LogP) is 8.16. The molecule has 0 saturated carbocycles. The van der Waals surface area contributed by atoms with Crippen LogP contribution in [0.3, 0.4) is 0 Å². The van der Waals surface area contributed by atoms with Crippen LogP contribution in [-0.4, -0.2) is 34.8 Å². The van der Waals surface area contributed by atoms with Crippen molar-refractivity contribution in [2.45, 2.75) is 71.6 Å². The summed E-state index contributed by atoms with van der Waals surface area (Å²) in [4.78, 5) is 42.2. The van der Waals surface area contributed by atoms with Gasteiger partial charge < -0.3 is 29.5 Å². The van der Waals surface area contributed by atoms with Crippen LogP contribution >= 0.6 is 15.2 Å². The van der Waals surface area contributed by atoms with Gasteiger partial charge in [0.05, 0.1) is 13.2 Å². The summed E-state index contributed by atoms with van der Waals surface area (Å²) in [7, 11) is -7.45. The van der Waals surface area contributed by atoms with E-state index in [0.29, 0.717) is 43.0 Å². The second-order valence-electron chi connectivity index (χ2n) is 9.91. The van der Waals surface area contributed by atoms with E-state index in [1.807, 2.05) is 12.1 Å². The Morgan fingerprint density at radius 1 is 0.651 bits per heavy atom. The minimum absolute atomic E-state index is 0.0289. The molecule has 0 fully saturated rings. The van der Waals surface area contributed by atoms with Gasteiger partial charge in [-0.1, -0.05) is 56.4 Å². The van der Waals surface area contributed by atoms with Gasteiger partial charge in [-0.3, -0.25) is 18.7 Å². The van der Waals surface area contributed by atoms with Gasteiger partial charge in [0.1, 0.15) is 0 Å². The average Bonchev–Trinajstić information content (AvgIpc) is 2.95. The van der Waals surface area contributed by atoms with Crippen LogP contribution in [0.5, 0.6) is 0 Å². The third kappa shape index (κ3) is 16.6. The maximum atomic E-state index is 12.5. The molecular formula is C31H44N2O8P2. The molecule has 0 unspecified atom stereocenters. The topological polar surface area (TPSA) is 151 Å². The number of hydrogen-bond donors (Lipinski definition) is 4. The first-order chi connectivity index (χ1) is 20.5. The lowest BCUT2D eigenvalue weighted by molar-refractivity contribution is -0.117. The molecule has 0 aliphatic carbocycles. The summed E-state index contributed by atoms with van der Waals surface area (Å²) in [5, 5.41) is 5.74. The maximum Gasteiger partial charge on any atom is 0.354 e. The third-order valence-corrected chi connectivity index (χ3v) is 8.51. The fraction of sp³-hybridized carbons (Fsp3) is 0.419. The molecule has 2 aromatic rings. The van der Waals surface area contributed by atoms with Crippen molar-refractivity contribution in [3.8, 4) is 0 Å². The van der Waals surface area contributed by atoms with Crippen molar-refractivity contribution in [2.24, 2.45) is 0 Å². The number of carbonyl (C=O) groups is 2. The molecule has 0 radical (unpaired) electrons. The van der Waals surface area contributed by atoms with Crippen molar-refractivity contribution in [3.05, 3.63) is 71.3 Å². The van der Waals surface area contributed by atoms with Crippen LogP contribution in [0.2, 0.25) is 0 Å². The molecule has 2 amide bonds. The van der Waals surface area contributed by atoms with Gasteiger partial charge in [0.2, 0.25) is 11.8 Å². The summed E-state index contributed by atoms with van der Waals surface area (Å²) >= 11 is 0. The van der Waals surface area contributed by atoms with Crippen molar-refractivity contribution in [2.75, 3.05) is 23.8 Å². The first-order valence-electron chi connectivity index (χ1n) is 14.6. The summed E-state index contributed by atoms with van der Waals surface area (Å²) in [6, 6.07) is 14.0. The van der Waals surface area contributed by atoms with Crippen LogP contribution in [-0.2, 0) is 27.8 Å². The normalized spacial score (nSPS) is 12.2. The van der Waals surface area contributed by atoms with Gasteiger partial charge in [-0.15, -0.1) is 0 Å². The van der Waals surface area contributed by atoms with E-state index in [1.54, 1.807) is 56.3 Å². The summed E-state index contributed by atoms with van der Waals surface area (Å²) in [6.07, 6.45) is 10.6. The number of unbranched alkanes of at least 4 members (excludes halogenated alkanes) is 6. The van der Waals surface area contributed by atoms with Crippen LogP contribution < -0.4 is 10.6 Å². The minimum atomic E-state index is -4.20. The summed E-state index contributed by atoms with van der Waals surface area (Å²) in [6.45, 7) is 4.11. The molecule has 0 saturated heterocycles. The monoisotopic (exact) mass is 634 g/mol. The highest BCUT2D eigenvalue weighted by Gasteiger charge is 2.18. The van der Waals surface area contributed by atoms with Crippen molar-refractivity contribution in [1.82, 2.24) is 0 Å². The standard InChI is InChI=1S/C31H44N2O8P2/c1-3-40-43(39,41-4-2)25-23-27-16-20-29(21-17-27)33-31(35)13-11-9-7-5-6-8-10-12-30(34)32-28-18-14-26(15-19-28)22-24-42(36,37)38/h14-25H,3-13H2,1-2H3,(H,32,34)(H,33,35)(H2,36,37,38). The van der Waals surface area contributed by atoms with Crippen molar-refractivity contribution in [1.29, 1.82) is 0 Å². The van der Waals surface area contributed by atoms with E-state index in [0.717, 1.165) is 56.3 Å². The molecule has 4 N–H and O–H groups in total. The van der Waals surface area contributed by atoms with Gasteiger partial charge in [0.15, 0.2) is 0 Å². The summed E-state index contributed by atoms with van der Waals surface area (Å²) < 4.78 is 33.9. The Morgan fingerprint density at radius 2 is 1.02 bits per heavy atom. The second-order valence-corrected chi connectivity index (χ2v) is 13.3. The average molecular weight is 635 g/mol. The molecule has 10 nitrogen and oxygen atoms in total. The predicted molar refractivity (Wildman–Crippen MR) is 173 cm³/mol. The Kier molecular flexibility index (Phi) is 16.4. The van der Waals surface area contributed by atoms with E-state index >= 15 is 0 Å². The smallest absolute Gasteiger partial charge is 0.326 e. The fourth-order valence-electron chi connectivity index (χ4n) is 4.10. The van der Waals surface area contributed by atoms with Crippen LogP contribution in [0, 0.1) is 0 Å². The van der Waals surface area contributed by atoms with Crippen molar-refractivity contribution >= 4 is 50.5 Å². The molecule has 0 aliphatic heterocycles. The van der Waals surface area contributed by atoms with E-state index in [-0.39, 0.29) is 11.8 Å². The second kappa shape index (κ2) is 19.4. The summed E-state index contributed by atoms with van der Waals surface area (Å²) in [5.41, 5.74) is 2.80. The third-order valence-electron chi connectivity index (χ3n) is 6.23. The minimum Gasteiger partial charge on any atom is -0.326 e. The Bertz CT molecular complexity index is 1280. The number of benzene rings is 2. The van der Waals surface area contributed by atoms with Gasteiger partial charge in [0, 0.05) is 35.9 Å². The van der Waals surface area contributed by atoms with Crippen LogP contribution in [0.15, 0.2) is 60.2 Å². The molecule has 2 rings (SSSR count). The molecule has 0 spiro atoms. The van der Waals surface area contributed by atoms with Gasteiger partial charge >= 0.3 is 15.2 Å². The fourth-order valence-corrected chi connectivity index (χ4v) is 5.79. The van der Waals surface area contributed by atoms with Crippen LogP contribution in [0.4, 0.5) is 11.4 Å². The molecule has 2 aromatic carbocycles. The molecule has 236 valence electrons. The molecule has 0 aromatic heterocycles. The zero-order chi connectivity index (χ0) is 31.6. The van der Waals surface area contributed by atoms with Crippen LogP contribution in [0.1, 0.15) is 82.8 Å². The summed E-state index contributed by atoms with van der Waals surface area (Å²) in [5.74, 6) is 2.20. The van der Waals surface area contributed by atoms with E-state index in [2.05, 4.69) is 10.6 Å². The first-order valence-corrected chi connectivity index (χ1v) is 17.9. The van der Waals surface area contributed by atoms with E-state index < -0.39 is 15.2 Å². The number of nitrogens with one attached hydrogen (secondary N) is 2. The Hall–Kier alpha value is -2.84. The lowest BCUT2D eigenvalue weighted by Crippen LogP contribution is -2.11. The molecule has 43 heavy (non-hydrogen) atoms. The zero-order valence-electron chi connectivity index (χ0n) is 24.9. The molecule has 0 bridgehead atoms. The SMILES string of the molecule is CCOP(=O)(C=Cc1ccc(NC(=O)CCCCCCCCCC(=O)Nc2ccc(C=CP(=O)(O)O)cc2)cc1)OCC. The Balaban J connectivity index is 1.54. The van der Waals surface area contributed by atoms with E-state index in [9.17, 15) is 18.7 Å². The molecule has 0 aliphatic rings. The van der Waals surface area contributed by atoms with Crippen LogP contribution in [0.25, 0.3) is 12.2 Å². The highest BCUT2D eigenvalue weighted by Crippen LogP contribution is 2.50. The zero-order valence-corrected chi connectivity index (χ0v) is 26.7.